The average molecular weight is 266 g/mol. The Morgan fingerprint density at radius 1 is 0.900 bits per heavy atom. The second-order valence-corrected chi connectivity index (χ2v) is 4.82. The van der Waals surface area contributed by atoms with E-state index in [1.165, 1.54) is 16.7 Å². The van der Waals surface area contributed by atoms with Gasteiger partial charge in [-0.15, -0.1) is 0 Å². The monoisotopic (exact) mass is 266 g/mol. The van der Waals surface area contributed by atoms with Crippen LogP contribution in [0, 0.1) is 0 Å². The molecular weight excluding hydrogens is 244 g/mol. The summed E-state index contributed by atoms with van der Waals surface area (Å²) in [5.41, 5.74) is 3.87. The Bertz CT molecular complexity index is 511. The predicted molar refractivity (Wildman–Crippen MR) is 85.6 cm³/mol. The molecule has 2 aromatic rings. The molecule has 0 saturated heterocycles. The zero-order valence-electron chi connectivity index (χ0n) is 12.1. The molecule has 20 heavy (non-hydrogen) atoms. The molecule has 0 unspecified atom stereocenters. The smallest absolute Gasteiger partial charge is 0.0717 e. The molecule has 2 aromatic carbocycles. The van der Waals surface area contributed by atoms with Crippen molar-refractivity contribution in [3.8, 4) is 0 Å². The SMILES string of the molecule is CCc1ccc(/C=C\CCOCc2ccccc2)cc1. The second-order valence-electron chi connectivity index (χ2n) is 4.82. The van der Waals surface area contributed by atoms with Crippen molar-refractivity contribution < 1.29 is 4.74 Å². The van der Waals surface area contributed by atoms with E-state index in [9.17, 15) is 0 Å². The Morgan fingerprint density at radius 3 is 2.35 bits per heavy atom. The molecule has 0 aromatic heterocycles. The van der Waals surface area contributed by atoms with E-state index in [4.69, 9.17) is 4.74 Å². The summed E-state index contributed by atoms with van der Waals surface area (Å²) >= 11 is 0. The van der Waals surface area contributed by atoms with Gasteiger partial charge >= 0.3 is 0 Å². The van der Waals surface area contributed by atoms with Crippen molar-refractivity contribution >= 4 is 6.08 Å². The minimum atomic E-state index is 0.694. The maximum absolute atomic E-state index is 5.64. The molecule has 1 nitrogen and oxygen atoms in total. The first-order valence-corrected chi connectivity index (χ1v) is 7.25. The van der Waals surface area contributed by atoms with E-state index in [1.807, 2.05) is 18.2 Å². The summed E-state index contributed by atoms with van der Waals surface area (Å²) in [7, 11) is 0. The molecule has 0 saturated carbocycles. The van der Waals surface area contributed by atoms with Gasteiger partial charge < -0.3 is 4.74 Å². The fourth-order valence-corrected chi connectivity index (χ4v) is 2.00. The highest BCUT2D eigenvalue weighted by molar-refractivity contribution is 5.49. The van der Waals surface area contributed by atoms with Gasteiger partial charge in [-0.1, -0.05) is 73.7 Å². The summed E-state index contributed by atoms with van der Waals surface area (Å²) in [6.07, 6.45) is 6.37. The molecule has 0 radical (unpaired) electrons. The molecule has 0 bridgehead atoms. The van der Waals surface area contributed by atoms with Crippen LogP contribution in [0.3, 0.4) is 0 Å². The van der Waals surface area contributed by atoms with Crippen LogP contribution in [0.4, 0.5) is 0 Å². The molecular formula is C19H22O. The van der Waals surface area contributed by atoms with E-state index in [1.54, 1.807) is 0 Å². The molecule has 2 rings (SSSR count). The zero-order chi connectivity index (χ0) is 14.0. The highest BCUT2D eigenvalue weighted by Gasteiger charge is 1.91. The summed E-state index contributed by atoms with van der Waals surface area (Å²) in [4.78, 5) is 0. The molecule has 104 valence electrons. The minimum Gasteiger partial charge on any atom is -0.376 e. The third-order valence-corrected chi connectivity index (χ3v) is 3.24. The molecule has 0 amide bonds. The summed E-state index contributed by atoms with van der Waals surface area (Å²) < 4.78 is 5.64. The summed E-state index contributed by atoms with van der Waals surface area (Å²) in [6.45, 7) is 3.63. The first-order valence-electron chi connectivity index (χ1n) is 7.25. The van der Waals surface area contributed by atoms with E-state index >= 15 is 0 Å². The number of ether oxygens (including phenoxy) is 1. The maximum atomic E-state index is 5.64. The van der Waals surface area contributed by atoms with Crippen molar-refractivity contribution in [1.29, 1.82) is 0 Å². The number of rotatable bonds is 7. The van der Waals surface area contributed by atoms with E-state index < -0.39 is 0 Å². The van der Waals surface area contributed by atoms with Gasteiger partial charge in [-0.25, -0.2) is 0 Å². The molecule has 0 atom stereocenters. The number of hydrogen-bond donors (Lipinski definition) is 0. The average Bonchev–Trinajstić information content (AvgIpc) is 2.52. The van der Waals surface area contributed by atoms with Crippen LogP contribution < -0.4 is 0 Å². The van der Waals surface area contributed by atoms with Crippen LogP contribution in [0.2, 0.25) is 0 Å². The summed E-state index contributed by atoms with van der Waals surface area (Å²) in [5.74, 6) is 0. The maximum Gasteiger partial charge on any atom is 0.0717 e. The predicted octanol–water partition coefficient (Wildman–Crippen LogP) is 4.87. The zero-order valence-corrected chi connectivity index (χ0v) is 12.1. The van der Waals surface area contributed by atoms with Crippen LogP contribution >= 0.6 is 0 Å². The van der Waals surface area contributed by atoms with Crippen molar-refractivity contribution in [2.24, 2.45) is 0 Å². The van der Waals surface area contributed by atoms with Crippen molar-refractivity contribution in [3.05, 3.63) is 77.4 Å². The Balaban J connectivity index is 1.66. The first kappa shape index (κ1) is 14.5. The number of aryl methyl sites for hydroxylation is 1. The van der Waals surface area contributed by atoms with Crippen LogP contribution in [-0.2, 0) is 17.8 Å². The quantitative estimate of drug-likeness (QED) is 0.650. The second kappa shape index (κ2) is 8.34. The van der Waals surface area contributed by atoms with Gasteiger partial charge in [0.25, 0.3) is 0 Å². The lowest BCUT2D eigenvalue weighted by Gasteiger charge is -2.02. The van der Waals surface area contributed by atoms with Gasteiger partial charge in [0.1, 0.15) is 0 Å². The lowest BCUT2D eigenvalue weighted by molar-refractivity contribution is 0.125. The summed E-state index contributed by atoms with van der Waals surface area (Å²) in [5, 5.41) is 0. The van der Waals surface area contributed by atoms with Gasteiger partial charge in [-0.3, -0.25) is 0 Å². The molecule has 0 aliphatic rings. The Labute approximate surface area is 121 Å². The molecule has 0 spiro atoms. The van der Waals surface area contributed by atoms with Gasteiger partial charge in [0.2, 0.25) is 0 Å². The van der Waals surface area contributed by atoms with Gasteiger partial charge in [-0.2, -0.15) is 0 Å². The Kier molecular flexibility index (Phi) is 6.07. The molecule has 0 fully saturated rings. The molecule has 1 heteroatoms. The van der Waals surface area contributed by atoms with Crippen molar-refractivity contribution in [1.82, 2.24) is 0 Å². The van der Waals surface area contributed by atoms with Crippen LogP contribution in [0.25, 0.3) is 6.08 Å². The van der Waals surface area contributed by atoms with Crippen LogP contribution in [0.1, 0.15) is 30.0 Å². The van der Waals surface area contributed by atoms with Gasteiger partial charge in [0.05, 0.1) is 13.2 Å². The third kappa shape index (κ3) is 5.02. The highest BCUT2D eigenvalue weighted by atomic mass is 16.5. The van der Waals surface area contributed by atoms with Crippen molar-refractivity contribution in [3.63, 3.8) is 0 Å². The van der Waals surface area contributed by atoms with Gasteiger partial charge in [0, 0.05) is 0 Å². The molecule has 0 aliphatic carbocycles. The lowest BCUT2D eigenvalue weighted by Crippen LogP contribution is -1.93. The normalized spacial score (nSPS) is 11.1. The molecule has 0 N–H and O–H groups in total. The van der Waals surface area contributed by atoms with Crippen molar-refractivity contribution in [2.75, 3.05) is 6.61 Å². The summed E-state index contributed by atoms with van der Waals surface area (Å²) in [6, 6.07) is 19.0. The topological polar surface area (TPSA) is 9.23 Å². The number of benzene rings is 2. The van der Waals surface area contributed by atoms with E-state index in [0.29, 0.717) is 6.61 Å². The van der Waals surface area contributed by atoms with Gasteiger partial charge in [-0.05, 0) is 29.5 Å². The Morgan fingerprint density at radius 2 is 1.65 bits per heavy atom. The Hall–Kier alpha value is -1.86. The van der Waals surface area contributed by atoms with E-state index in [-0.39, 0.29) is 0 Å². The van der Waals surface area contributed by atoms with E-state index in [0.717, 1.165) is 19.4 Å². The largest absolute Gasteiger partial charge is 0.376 e. The fourth-order valence-electron chi connectivity index (χ4n) is 2.00. The third-order valence-electron chi connectivity index (χ3n) is 3.24. The standard InChI is InChI=1S/C19H22O/c1-2-17-11-13-18(14-12-17)8-6-7-15-20-16-19-9-4-3-5-10-19/h3-6,8-14H,2,7,15-16H2,1H3/b8-6-. The van der Waals surface area contributed by atoms with Gasteiger partial charge in [0.15, 0.2) is 0 Å². The highest BCUT2D eigenvalue weighted by Crippen LogP contribution is 2.07. The first-order chi connectivity index (χ1) is 9.88. The number of hydrogen-bond acceptors (Lipinski definition) is 1. The molecule has 0 aliphatic heterocycles. The molecule has 0 heterocycles. The van der Waals surface area contributed by atoms with E-state index in [2.05, 4.69) is 55.5 Å². The lowest BCUT2D eigenvalue weighted by atomic mass is 10.1. The van der Waals surface area contributed by atoms with Crippen molar-refractivity contribution in [2.45, 2.75) is 26.4 Å². The fraction of sp³-hybridized carbons (Fsp3) is 0.263. The van der Waals surface area contributed by atoms with Crippen LogP contribution in [0.5, 0.6) is 0 Å². The minimum absolute atomic E-state index is 0.694. The van der Waals surface area contributed by atoms with Crippen LogP contribution in [0.15, 0.2) is 60.7 Å². The van der Waals surface area contributed by atoms with Crippen LogP contribution in [-0.4, -0.2) is 6.61 Å².